The minimum absolute atomic E-state index is 0.136. The van der Waals surface area contributed by atoms with E-state index < -0.39 is 9.84 Å². The van der Waals surface area contributed by atoms with Gasteiger partial charge in [-0.2, -0.15) is 0 Å². The van der Waals surface area contributed by atoms with Crippen LogP contribution in [-0.4, -0.2) is 99.1 Å². The predicted molar refractivity (Wildman–Crippen MR) is 107 cm³/mol. The summed E-state index contributed by atoms with van der Waals surface area (Å²) in [6.07, 6.45) is 0.733. The fourth-order valence-corrected chi connectivity index (χ4v) is 6.29. The van der Waals surface area contributed by atoms with Gasteiger partial charge in [-0.25, -0.2) is 8.42 Å². The van der Waals surface area contributed by atoms with Crippen LogP contribution in [0.5, 0.6) is 0 Å². The van der Waals surface area contributed by atoms with Crippen LogP contribution < -0.4 is 0 Å². The molecular weight excluding hydrogens is 378 g/mol. The highest BCUT2D eigenvalue weighted by molar-refractivity contribution is 7.91. The summed E-state index contributed by atoms with van der Waals surface area (Å²) in [4.78, 5) is 19.8. The Morgan fingerprint density at radius 1 is 1.00 bits per heavy atom. The summed E-state index contributed by atoms with van der Waals surface area (Å²) in [5.74, 6) is 0.730. The van der Waals surface area contributed by atoms with Crippen LogP contribution in [0.3, 0.4) is 0 Å². The fourth-order valence-electron chi connectivity index (χ4n) is 4.53. The number of rotatable bonds is 4. The van der Waals surface area contributed by atoms with Crippen molar-refractivity contribution in [2.24, 2.45) is 0 Å². The summed E-state index contributed by atoms with van der Waals surface area (Å²) in [7, 11) is -2.87. The largest absolute Gasteiger partial charge is 0.378 e. The minimum Gasteiger partial charge on any atom is -0.378 e. The molecule has 8 heteroatoms. The highest BCUT2D eigenvalue weighted by Crippen LogP contribution is 2.27. The summed E-state index contributed by atoms with van der Waals surface area (Å²) < 4.78 is 29.0. The molecule has 1 amide bonds. The zero-order valence-corrected chi connectivity index (χ0v) is 17.0. The second-order valence-electron chi connectivity index (χ2n) is 7.88. The quantitative estimate of drug-likeness (QED) is 0.719. The second kappa shape index (κ2) is 8.49. The lowest BCUT2D eigenvalue weighted by molar-refractivity contribution is -0.142. The highest BCUT2D eigenvalue weighted by Gasteiger charge is 2.37. The van der Waals surface area contributed by atoms with Crippen LogP contribution in [0.1, 0.15) is 18.0 Å². The van der Waals surface area contributed by atoms with Gasteiger partial charge in [0.1, 0.15) is 6.04 Å². The second-order valence-corrected chi connectivity index (χ2v) is 10.1. The average Bonchev–Trinajstić information content (AvgIpc) is 3.10. The lowest BCUT2D eigenvalue weighted by Crippen LogP contribution is -2.55. The Morgan fingerprint density at radius 2 is 1.68 bits per heavy atom. The third-order valence-electron chi connectivity index (χ3n) is 6.11. The monoisotopic (exact) mass is 407 g/mol. The Bertz CT molecular complexity index is 772. The molecule has 0 radical (unpaired) electrons. The van der Waals surface area contributed by atoms with E-state index in [4.69, 9.17) is 4.74 Å². The van der Waals surface area contributed by atoms with E-state index in [2.05, 4.69) is 9.80 Å². The van der Waals surface area contributed by atoms with Crippen LogP contribution in [0.25, 0.3) is 0 Å². The first-order chi connectivity index (χ1) is 13.5. The van der Waals surface area contributed by atoms with Crippen LogP contribution in [-0.2, 0) is 19.4 Å². The van der Waals surface area contributed by atoms with Crippen molar-refractivity contribution in [2.75, 3.05) is 64.0 Å². The molecule has 4 rings (SSSR count). The van der Waals surface area contributed by atoms with Gasteiger partial charge in [0.05, 0.1) is 24.7 Å². The van der Waals surface area contributed by atoms with Gasteiger partial charge < -0.3 is 9.64 Å². The first-order valence-electron chi connectivity index (χ1n) is 10.1. The van der Waals surface area contributed by atoms with Crippen molar-refractivity contribution < 1.29 is 17.9 Å². The molecular formula is C20H29N3O4S. The predicted octanol–water partition coefficient (Wildman–Crippen LogP) is 0.391. The Balaban J connectivity index is 1.46. The van der Waals surface area contributed by atoms with Crippen LogP contribution in [0, 0.1) is 0 Å². The van der Waals surface area contributed by atoms with Gasteiger partial charge >= 0.3 is 0 Å². The number of carbonyl (C=O) groups is 1. The van der Waals surface area contributed by atoms with Gasteiger partial charge in [0.15, 0.2) is 9.84 Å². The zero-order chi connectivity index (χ0) is 19.6. The molecule has 0 N–H and O–H groups in total. The third-order valence-corrected chi connectivity index (χ3v) is 7.86. The number of benzene rings is 1. The van der Waals surface area contributed by atoms with Crippen LogP contribution in [0.4, 0.5) is 0 Å². The minimum atomic E-state index is -2.87. The number of piperazine rings is 1. The van der Waals surface area contributed by atoms with Crippen molar-refractivity contribution in [3.63, 3.8) is 0 Å². The standard InChI is InChI=1S/C20H29N3O4S/c24-20(23-11-13-27-14-12-23)19(17-4-2-1-3-5-17)22-9-7-21(8-10-22)18-6-15-28(25,26)16-18/h1-5,18-19H,6-16H2/t18-,19-/m0/s1. The number of amides is 1. The number of hydrogen-bond acceptors (Lipinski definition) is 6. The van der Waals surface area contributed by atoms with Crippen molar-refractivity contribution in [2.45, 2.75) is 18.5 Å². The van der Waals surface area contributed by atoms with E-state index >= 15 is 0 Å². The molecule has 3 fully saturated rings. The van der Waals surface area contributed by atoms with Crippen molar-refractivity contribution >= 4 is 15.7 Å². The number of ether oxygens (including phenoxy) is 1. The third kappa shape index (κ3) is 4.40. The molecule has 0 aromatic heterocycles. The SMILES string of the molecule is O=C([C@H](c1ccccc1)N1CCN([C@H]2CCS(=O)(=O)C2)CC1)N1CCOCC1. The number of sulfone groups is 1. The fraction of sp³-hybridized carbons (Fsp3) is 0.650. The van der Waals surface area contributed by atoms with E-state index in [9.17, 15) is 13.2 Å². The molecule has 7 nitrogen and oxygen atoms in total. The normalized spacial score (nSPS) is 27.6. The summed E-state index contributed by atoms with van der Waals surface area (Å²) in [6.45, 7) is 5.62. The van der Waals surface area contributed by atoms with E-state index in [1.807, 2.05) is 35.2 Å². The van der Waals surface area contributed by atoms with Crippen LogP contribution >= 0.6 is 0 Å². The highest BCUT2D eigenvalue weighted by atomic mass is 32.2. The van der Waals surface area contributed by atoms with Gasteiger partial charge in [-0.15, -0.1) is 0 Å². The Morgan fingerprint density at radius 3 is 2.29 bits per heavy atom. The summed E-state index contributed by atoms with van der Waals surface area (Å²) in [5, 5.41) is 0. The van der Waals surface area contributed by atoms with Gasteiger partial charge in [-0.05, 0) is 12.0 Å². The maximum absolute atomic E-state index is 13.4. The Hall–Kier alpha value is -1.48. The van der Waals surface area contributed by atoms with Gasteiger partial charge in [-0.1, -0.05) is 30.3 Å². The number of hydrogen-bond donors (Lipinski definition) is 0. The summed E-state index contributed by atoms with van der Waals surface area (Å²) in [6, 6.07) is 9.84. The average molecular weight is 408 g/mol. The van der Waals surface area contributed by atoms with Gasteiger partial charge in [0.2, 0.25) is 5.91 Å². The van der Waals surface area contributed by atoms with Crippen molar-refractivity contribution in [3.05, 3.63) is 35.9 Å². The molecule has 28 heavy (non-hydrogen) atoms. The van der Waals surface area contributed by atoms with Gasteiger partial charge in [0, 0.05) is 45.3 Å². The molecule has 1 aromatic rings. The molecule has 3 aliphatic rings. The smallest absolute Gasteiger partial charge is 0.244 e. The first-order valence-corrected chi connectivity index (χ1v) is 12.0. The number of nitrogens with zero attached hydrogens (tertiary/aromatic N) is 3. The molecule has 1 aromatic carbocycles. The molecule has 0 spiro atoms. The van der Waals surface area contributed by atoms with E-state index in [1.54, 1.807) is 0 Å². The van der Waals surface area contributed by atoms with E-state index in [0.29, 0.717) is 32.1 Å². The van der Waals surface area contributed by atoms with Crippen molar-refractivity contribution in [1.29, 1.82) is 0 Å². The van der Waals surface area contributed by atoms with E-state index in [0.717, 1.165) is 38.2 Å². The van der Waals surface area contributed by atoms with Gasteiger partial charge in [-0.3, -0.25) is 14.6 Å². The molecule has 0 saturated carbocycles. The van der Waals surface area contributed by atoms with Crippen molar-refractivity contribution in [1.82, 2.24) is 14.7 Å². The topological polar surface area (TPSA) is 70.2 Å². The lowest BCUT2D eigenvalue weighted by Gasteiger charge is -2.42. The molecule has 3 heterocycles. The molecule has 3 aliphatic heterocycles. The first kappa shape index (κ1) is 19.8. The molecule has 0 bridgehead atoms. The summed E-state index contributed by atoms with van der Waals surface area (Å²) in [5.41, 5.74) is 1.02. The van der Waals surface area contributed by atoms with Gasteiger partial charge in [0.25, 0.3) is 0 Å². The zero-order valence-electron chi connectivity index (χ0n) is 16.2. The van der Waals surface area contributed by atoms with E-state index in [-0.39, 0.29) is 23.7 Å². The number of carbonyl (C=O) groups excluding carboxylic acids is 1. The van der Waals surface area contributed by atoms with Crippen LogP contribution in [0.15, 0.2) is 30.3 Å². The Kier molecular flexibility index (Phi) is 6.01. The molecule has 0 aliphatic carbocycles. The van der Waals surface area contributed by atoms with E-state index in [1.165, 1.54) is 0 Å². The molecule has 2 atom stereocenters. The van der Waals surface area contributed by atoms with Crippen molar-refractivity contribution in [3.8, 4) is 0 Å². The molecule has 154 valence electrons. The lowest BCUT2D eigenvalue weighted by atomic mass is 10.0. The Labute approximate surface area is 167 Å². The maximum Gasteiger partial charge on any atom is 0.244 e. The summed E-state index contributed by atoms with van der Waals surface area (Å²) >= 11 is 0. The number of morpholine rings is 1. The molecule has 0 unspecified atom stereocenters. The van der Waals surface area contributed by atoms with Crippen LogP contribution in [0.2, 0.25) is 0 Å². The maximum atomic E-state index is 13.4. The molecule has 3 saturated heterocycles.